The molecule has 1 aliphatic rings. The zero-order chi connectivity index (χ0) is 8.65. The topological polar surface area (TPSA) is 29.5 Å². The fourth-order valence-corrected chi connectivity index (χ4v) is 1.73. The molecule has 0 spiro atoms. The first-order chi connectivity index (χ1) is 5.02. The Balaban J connectivity index is 2.78. The standard InChI is InChI=1S/C9H18O2/c1-5-9(4)6(2)7(3)11-8(9)10/h6-8,10H,5H2,1-4H3. The number of hydrogen-bond acceptors (Lipinski definition) is 2. The van der Waals surface area contributed by atoms with E-state index >= 15 is 0 Å². The maximum absolute atomic E-state index is 9.57. The summed E-state index contributed by atoms with van der Waals surface area (Å²) in [6.45, 7) is 8.35. The van der Waals surface area contributed by atoms with Gasteiger partial charge in [-0.25, -0.2) is 0 Å². The van der Waals surface area contributed by atoms with Crippen LogP contribution in [0.25, 0.3) is 0 Å². The molecule has 0 amide bonds. The van der Waals surface area contributed by atoms with Crippen LogP contribution in [0.3, 0.4) is 0 Å². The van der Waals surface area contributed by atoms with Gasteiger partial charge in [-0.1, -0.05) is 20.8 Å². The average Bonchev–Trinajstić information content (AvgIpc) is 2.16. The van der Waals surface area contributed by atoms with Crippen molar-refractivity contribution in [2.75, 3.05) is 0 Å². The second-order valence-corrected chi connectivity index (χ2v) is 3.84. The number of aliphatic hydroxyl groups excluding tert-OH is 1. The van der Waals surface area contributed by atoms with Gasteiger partial charge in [0.05, 0.1) is 6.10 Å². The van der Waals surface area contributed by atoms with E-state index in [2.05, 4.69) is 20.8 Å². The maximum atomic E-state index is 9.57. The first kappa shape index (κ1) is 9.01. The van der Waals surface area contributed by atoms with Gasteiger partial charge in [0, 0.05) is 5.41 Å². The summed E-state index contributed by atoms with van der Waals surface area (Å²) in [6, 6.07) is 0. The van der Waals surface area contributed by atoms with Crippen molar-refractivity contribution >= 4 is 0 Å². The van der Waals surface area contributed by atoms with Crippen molar-refractivity contribution in [3.63, 3.8) is 0 Å². The smallest absolute Gasteiger partial charge is 0.160 e. The quantitative estimate of drug-likeness (QED) is 0.630. The van der Waals surface area contributed by atoms with Crippen molar-refractivity contribution in [1.82, 2.24) is 0 Å². The molecule has 11 heavy (non-hydrogen) atoms. The Labute approximate surface area is 68.6 Å². The molecule has 2 nitrogen and oxygen atoms in total. The fourth-order valence-electron chi connectivity index (χ4n) is 1.73. The third-order valence-corrected chi connectivity index (χ3v) is 3.41. The molecule has 4 unspecified atom stereocenters. The van der Waals surface area contributed by atoms with Crippen LogP contribution >= 0.6 is 0 Å². The highest BCUT2D eigenvalue weighted by Crippen LogP contribution is 2.44. The number of rotatable bonds is 1. The molecule has 0 bridgehead atoms. The summed E-state index contributed by atoms with van der Waals surface area (Å²) in [5, 5.41) is 9.57. The number of ether oxygens (including phenoxy) is 1. The monoisotopic (exact) mass is 158 g/mol. The zero-order valence-electron chi connectivity index (χ0n) is 7.79. The maximum Gasteiger partial charge on any atom is 0.160 e. The van der Waals surface area contributed by atoms with Gasteiger partial charge in [-0.3, -0.25) is 0 Å². The van der Waals surface area contributed by atoms with Crippen LogP contribution in [0.4, 0.5) is 0 Å². The van der Waals surface area contributed by atoms with Gasteiger partial charge in [-0.05, 0) is 19.3 Å². The Hall–Kier alpha value is -0.0800. The van der Waals surface area contributed by atoms with Crippen LogP contribution in [0.5, 0.6) is 0 Å². The van der Waals surface area contributed by atoms with Gasteiger partial charge in [-0.2, -0.15) is 0 Å². The van der Waals surface area contributed by atoms with E-state index in [0.717, 1.165) is 6.42 Å². The molecule has 2 heteroatoms. The fraction of sp³-hybridized carbons (Fsp3) is 1.00. The highest BCUT2D eigenvalue weighted by Gasteiger charge is 2.47. The lowest BCUT2D eigenvalue weighted by atomic mass is 9.75. The van der Waals surface area contributed by atoms with Crippen molar-refractivity contribution in [3.05, 3.63) is 0 Å². The van der Waals surface area contributed by atoms with E-state index in [1.807, 2.05) is 6.92 Å². The Bertz CT molecular complexity index is 146. The lowest BCUT2D eigenvalue weighted by Crippen LogP contribution is -2.31. The largest absolute Gasteiger partial charge is 0.367 e. The predicted octanol–water partition coefficient (Wildman–Crippen LogP) is 1.78. The van der Waals surface area contributed by atoms with Crippen molar-refractivity contribution in [2.24, 2.45) is 11.3 Å². The van der Waals surface area contributed by atoms with Crippen LogP contribution in [0, 0.1) is 11.3 Å². The molecule has 1 aliphatic heterocycles. The average molecular weight is 158 g/mol. The van der Waals surface area contributed by atoms with E-state index in [1.165, 1.54) is 0 Å². The highest BCUT2D eigenvalue weighted by molar-refractivity contribution is 4.90. The third kappa shape index (κ3) is 1.18. The van der Waals surface area contributed by atoms with Gasteiger partial charge in [-0.15, -0.1) is 0 Å². The summed E-state index contributed by atoms with van der Waals surface area (Å²) in [5.41, 5.74) is -0.0422. The Kier molecular flexibility index (Phi) is 2.26. The second kappa shape index (κ2) is 2.76. The van der Waals surface area contributed by atoms with Crippen LogP contribution in [-0.2, 0) is 4.74 Å². The molecule has 1 N–H and O–H groups in total. The van der Waals surface area contributed by atoms with Gasteiger partial charge in [0.2, 0.25) is 0 Å². The van der Waals surface area contributed by atoms with E-state index in [-0.39, 0.29) is 11.5 Å². The minimum absolute atomic E-state index is 0.0422. The number of hydrogen-bond donors (Lipinski definition) is 1. The summed E-state index contributed by atoms with van der Waals surface area (Å²) < 4.78 is 5.34. The molecule has 1 rings (SSSR count). The van der Waals surface area contributed by atoms with Crippen LogP contribution in [-0.4, -0.2) is 17.5 Å². The van der Waals surface area contributed by atoms with Gasteiger partial charge in [0.15, 0.2) is 6.29 Å². The van der Waals surface area contributed by atoms with E-state index < -0.39 is 6.29 Å². The molecule has 66 valence electrons. The van der Waals surface area contributed by atoms with Crippen LogP contribution in [0.2, 0.25) is 0 Å². The molecule has 4 atom stereocenters. The van der Waals surface area contributed by atoms with E-state index in [4.69, 9.17) is 4.74 Å². The molecule has 0 saturated carbocycles. The molecule has 0 aliphatic carbocycles. The molecule has 1 fully saturated rings. The summed E-state index contributed by atoms with van der Waals surface area (Å²) in [5.74, 6) is 0.447. The molecule has 0 aromatic heterocycles. The second-order valence-electron chi connectivity index (χ2n) is 3.84. The minimum atomic E-state index is -0.572. The number of aliphatic hydroxyl groups is 1. The molecule has 0 aromatic carbocycles. The van der Waals surface area contributed by atoms with Crippen molar-refractivity contribution in [1.29, 1.82) is 0 Å². The van der Waals surface area contributed by atoms with Crippen molar-refractivity contribution < 1.29 is 9.84 Å². The lowest BCUT2D eigenvalue weighted by Gasteiger charge is -2.29. The zero-order valence-corrected chi connectivity index (χ0v) is 7.79. The highest BCUT2D eigenvalue weighted by atomic mass is 16.6. The van der Waals surface area contributed by atoms with Gasteiger partial charge in [0.25, 0.3) is 0 Å². The van der Waals surface area contributed by atoms with Crippen molar-refractivity contribution in [2.45, 2.75) is 46.5 Å². The normalized spacial score (nSPS) is 51.5. The Morgan fingerprint density at radius 3 is 2.18 bits per heavy atom. The first-order valence-electron chi connectivity index (χ1n) is 4.36. The van der Waals surface area contributed by atoms with E-state index in [1.54, 1.807) is 0 Å². The molecule has 1 saturated heterocycles. The predicted molar refractivity (Wildman–Crippen MR) is 44.1 cm³/mol. The van der Waals surface area contributed by atoms with Crippen LogP contribution < -0.4 is 0 Å². The molecular formula is C9H18O2. The van der Waals surface area contributed by atoms with E-state index in [0.29, 0.717) is 5.92 Å². The Morgan fingerprint density at radius 1 is 1.45 bits per heavy atom. The molecule has 0 aromatic rings. The summed E-state index contributed by atoms with van der Waals surface area (Å²) >= 11 is 0. The first-order valence-corrected chi connectivity index (χ1v) is 4.36. The van der Waals surface area contributed by atoms with Gasteiger partial charge < -0.3 is 9.84 Å². The van der Waals surface area contributed by atoms with Gasteiger partial charge >= 0.3 is 0 Å². The lowest BCUT2D eigenvalue weighted by molar-refractivity contribution is -0.129. The van der Waals surface area contributed by atoms with Crippen molar-refractivity contribution in [3.8, 4) is 0 Å². The SMILES string of the molecule is CCC1(C)C(O)OC(C)C1C. The minimum Gasteiger partial charge on any atom is -0.367 e. The Morgan fingerprint density at radius 2 is 2.00 bits per heavy atom. The summed E-state index contributed by atoms with van der Waals surface area (Å²) in [4.78, 5) is 0. The third-order valence-electron chi connectivity index (χ3n) is 3.41. The summed E-state index contributed by atoms with van der Waals surface area (Å²) in [6.07, 6.45) is 0.590. The van der Waals surface area contributed by atoms with Gasteiger partial charge in [0.1, 0.15) is 0 Å². The molecular weight excluding hydrogens is 140 g/mol. The van der Waals surface area contributed by atoms with E-state index in [9.17, 15) is 5.11 Å². The molecule has 1 heterocycles. The molecule has 0 radical (unpaired) electrons. The summed E-state index contributed by atoms with van der Waals surface area (Å²) in [7, 11) is 0. The van der Waals surface area contributed by atoms with Crippen LogP contribution in [0.15, 0.2) is 0 Å². The van der Waals surface area contributed by atoms with Crippen LogP contribution in [0.1, 0.15) is 34.1 Å².